The van der Waals surface area contributed by atoms with Gasteiger partial charge in [0.2, 0.25) is 0 Å². The van der Waals surface area contributed by atoms with Crippen molar-refractivity contribution in [2.75, 3.05) is 26.7 Å². The SMILES string of the molecule is CN1CCNCC1c1noc(-c2cc(C3CC3)nc3ccc(Cl)cc23)n1.Cl. The number of benzene rings is 1. The zero-order valence-electron chi connectivity index (χ0n) is 15.0. The van der Waals surface area contributed by atoms with E-state index in [0.717, 1.165) is 47.6 Å². The lowest BCUT2D eigenvalue weighted by Crippen LogP contribution is -2.44. The van der Waals surface area contributed by atoms with Gasteiger partial charge in [-0.05, 0) is 44.2 Å². The van der Waals surface area contributed by atoms with Crippen LogP contribution in [0.2, 0.25) is 5.02 Å². The Morgan fingerprint density at radius 1 is 1.22 bits per heavy atom. The Kier molecular flexibility index (Phi) is 5.07. The van der Waals surface area contributed by atoms with Gasteiger partial charge in [-0.3, -0.25) is 9.88 Å². The number of nitrogens with zero attached hydrogens (tertiary/aromatic N) is 4. The highest BCUT2D eigenvalue weighted by atomic mass is 35.5. The average molecular weight is 406 g/mol. The molecule has 1 atom stereocenters. The van der Waals surface area contributed by atoms with E-state index in [1.807, 2.05) is 18.2 Å². The third-order valence-corrected chi connectivity index (χ3v) is 5.50. The maximum Gasteiger partial charge on any atom is 0.258 e. The number of hydrogen-bond acceptors (Lipinski definition) is 6. The molecule has 2 aliphatic rings. The topological polar surface area (TPSA) is 67.1 Å². The van der Waals surface area contributed by atoms with Crippen molar-refractivity contribution in [3.8, 4) is 11.5 Å². The number of nitrogens with one attached hydrogen (secondary N) is 1. The summed E-state index contributed by atoms with van der Waals surface area (Å²) in [6.07, 6.45) is 2.39. The van der Waals surface area contributed by atoms with E-state index < -0.39 is 0 Å². The van der Waals surface area contributed by atoms with E-state index in [4.69, 9.17) is 26.1 Å². The van der Waals surface area contributed by atoms with Crippen LogP contribution < -0.4 is 5.32 Å². The molecule has 1 N–H and O–H groups in total. The highest BCUT2D eigenvalue weighted by Gasteiger charge is 2.29. The van der Waals surface area contributed by atoms with Gasteiger partial charge >= 0.3 is 0 Å². The molecule has 3 heterocycles. The van der Waals surface area contributed by atoms with E-state index in [1.165, 1.54) is 12.8 Å². The van der Waals surface area contributed by atoms with Crippen LogP contribution in [-0.2, 0) is 0 Å². The normalized spacial score (nSPS) is 20.6. The van der Waals surface area contributed by atoms with Crippen molar-refractivity contribution in [1.29, 1.82) is 0 Å². The second-order valence-corrected chi connectivity index (χ2v) is 7.63. The van der Waals surface area contributed by atoms with Gasteiger partial charge < -0.3 is 9.84 Å². The van der Waals surface area contributed by atoms with Gasteiger partial charge in [0, 0.05) is 41.7 Å². The predicted octanol–water partition coefficient (Wildman–Crippen LogP) is 3.81. The lowest BCUT2D eigenvalue weighted by molar-refractivity contribution is 0.190. The first kappa shape index (κ1) is 18.6. The zero-order valence-corrected chi connectivity index (χ0v) is 16.6. The summed E-state index contributed by atoms with van der Waals surface area (Å²) in [4.78, 5) is 11.8. The summed E-state index contributed by atoms with van der Waals surface area (Å²) in [7, 11) is 2.09. The number of piperazine rings is 1. The van der Waals surface area contributed by atoms with E-state index >= 15 is 0 Å². The summed E-state index contributed by atoms with van der Waals surface area (Å²) in [6, 6.07) is 7.98. The summed E-state index contributed by atoms with van der Waals surface area (Å²) >= 11 is 6.23. The van der Waals surface area contributed by atoms with Crippen LogP contribution in [0.3, 0.4) is 0 Å². The minimum absolute atomic E-state index is 0. The second kappa shape index (κ2) is 7.36. The molecule has 3 aromatic rings. The third kappa shape index (κ3) is 3.55. The van der Waals surface area contributed by atoms with Crippen LogP contribution in [0.1, 0.15) is 36.3 Å². The lowest BCUT2D eigenvalue weighted by Gasteiger charge is -2.30. The first-order chi connectivity index (χ1) is 12.7. The Morgan fingerprint density at radius 3 is 2.85 bits per heavy atom. The molecule has 1 aromatic carbocycles. The third-order valence-electron chi connectivity index (χ3n) is 5.27. The number of fused-ring (bicyclic) bond motifs is 1. The lowest BCUT2D eigenvalue weighted by atomic mass is 10.1. The molecule has 5 rings (SSSR count). The number of hydrogen-bond donors (Lipinski definition) is 1. The number of pyridine rings is 1. The fraction of sp³-hybridized carbons (Fsp3) is 0.421. The second-order valence-electron chi connectivity index (χ2n) is 7.19. The minimum Gasteiger partial charge on any atom is -0.334 e. The van der Waals surface area contributed by atoms with Gasteiger partial charge in [-0.25, -0.2) is 0 Å². The molecule has 2 aromatic heterocycles. The van der Waals surface area contributed by atoms with E-state index in [0.29, 0.717) is 16.8 Å². The molecule has 0 amide bonds. The molecule has 1 unspecified atom stereocenters. The molecule has 1 saturated carbocycles. The van der Waals surface area contributed by atoms with Gasteiger partial charge in [-0.1, -0.05) is 16.8 Å². The van der Waals surface area contributed by atoms with Crippen LogP contribution in [0, 0.1) is 0 Å². The van der Waals surface area contributed by atoms with E-state index in [1.54, 1.807) is 0 Å². The van der Waals surface area contributed by atoms with Gasteiger partial charge in [0.05, 0.1) is 17.1 Å². The highest BCUT2D eigenvalue weighted by Crippen LogP contribution is 2.42. The Labute approximate surface area is 168 Å². The summed E-state index contributed by atoms with van der Waals surface area (Å²) in [5, 5.41) is 9.28. The molecule has 142 valence electrons. The quantitative estimate of drug-likeness (QED) is 0.714. The van der Waals surface area contributed by atoms with Crippen molar-refractivity contribution in [1.82, 2.24) is 25.3 Å². The van der Waals surface area contributed by atoms with Crippen molar-refractivity contribution in [3.63, 3.8) is 0 Å². The average Bonchev–Trinajstić information content (AvgIpc) is 3.39. The molecule has 27 heavy (non-hydrogen) atoms. The monoisotopic (exact) mass is 405 g/mol. The molecule has 0 radical (unpaired) electrons. The van der Waals surface area contributed by atoms with Crippen LogP contribution in [-0.4, -0.2) is 46.7 Å². The molecule has 0 bridgehead atoms. The van der Waals surface area contributed by atoms with E-state index in [2.05, 4.69) is 28.5 Å². The maximum absolute atomic E-state index is 6.23. The van der Waals surface area contributed by atoms with Gasteiger partial charge in [-0.2, -0.15) is 4.98 Å². The maximum atomic E-state index is 6.23. The van der Waals surface area contributed by atoms with Crippen LogP contribution >= 0.6 is 24.0 Å². The summed E-state index contributed by atoms with van der Waals surface area (Å²) in [5.74, 6) is 1.80. The van der Waals surface area contributed by atoms with Crippen molar-refractivity contribution in [3.05, 3.63) is 40.8 Å². The fourth-order valence-corrected chi connectivity index (χ4v) is 3.73. The van der Waals surface area contributed by atoms with E-state index in [9.17, 15) is 0 Å². The number of halogens is 2. The van der Waals surface area contributed by atoms with Crippen LogP contribution in [0.15, 0.2) is 28.8 Å². The smallest absolute Gasteiger partial charge is 0.258 e. The van der Waals surface area contributed by atoms with Crippen LogP contribution in [0.25, 0.3) is 22.4 Å². The van der Waals surface area contributed by atoms with Crippen molar-refractivity contribution in [2.45, 2.75) is 24.8 Å². The first-order valence-corrected chi connectivity index (χ1v) is 9.42. The standard InChI is InChI=1S/C19H20ClN5O.ClH/c1-25-7-6-21-10-17(25)18-23-19(26-24-18)14-9-16(11-2-3-11)22-15-5-4-12(20)8-13(14)15;/h4-5,8-9,11,17,21H,2-3,6-7,10H2,1H3;1H. The molecular formula is C19H21Cl2N5O. The largest absolute Gasteiger partial charge is 0.334 e. The van der Waals surface area contributed by atoms with Crippen molar-refractivity contribution < 1.29 is 4.52 Å². The van der Waals surface area contributed by atoms with Crippen molar-refractivity contribution >= 4 is 34.9 Å². The molecule has 1 saturated heterocycles. The van der Waals surface area contributed by atoms with Crippen molar-refractivity contribution in [2.24, 2.45) is 0 Å². The number of likely N-dealkylation sites (N-methyl/N-ethyl adjacent to an activating group) is 1. The summed E-state index contributed by atoms with van der Waals surface area (Å²) in [6.45, 7) is 2.77. The minimum atomic E-state index is 0. The number of aromatic nitrogens is 3. The number of rotatable bonds is 3. The van der Waals surface area contributed by atoms with Gasteiger partial charge in [-0.15, -0.1) is 12.4 Å². The summed E-state index contributed by atoms with van der Waals surface area (Å²) < 4.78 is 5.67. The van der Waals surface area contributed by atoms with E-state index in [-0.39, 0.29) is 18.4 Å². The molecule has 8 heteroatoms. The fourth-order valence-electron chi connectivity index (χ4n) is 3.56. The molecule has 1 aliphatic carbocycles. The highest BCUT2D eigenvalue weighted by molar-refractivity contribution is 6.31. The Balaban J connectivity index is 0.00000180. The Hall–Kier alpha value is -1.73. The zero-order chi connectivity index (χ0) is 17.7. The van der Waals surface area contributed by atoms with Gasteiger partial charge in [0.15, 0.2) is 5.82 Å². The predicted molar refractivity (Wildman–Crippen MR) is 108 cm³/mol. The summed E-state index contributed by atoms with van der Waals surface area (Å²) in [5.41, 5.74) is 2.94. The molecule has 1 aliphatic heterocycles. The Bertz CT molecular complexity index is 972. The van der Waals surface area contributed by atoms with Crippen LogP contribution in [0.5, 0.6) is 0 Å². The molecule has 6 nitrogen and oxygen atoms in total. The molecular weight excluding hydrogens is 385 g/mol. The molecule has 0 spiro atoms. The first-order valence-electron chi connectivity index (χ1n) is 9.04. The van der Waals surface area contributed by atoms with Crippen LogP contribution in [0.4, 0.5) is 0 Å². The Morgan fingerprint density at radius 2 is 2.07 bits per heavy atom. The van der Waals surface area contributed by atoms with Gasteiger partial charge in [0.1, 0.15) is 0 Å². The van der Waals surface area contributed by atoms with Gasteiger partial charge in [0.25, 0.3) is 5.89 Å². The molecule has 2 fully saturated rings.